The molecule has 0 saturated carbocycles. The van der Waals surface area contributed by atoms with Crippen LogP contribution in [-0.2, 0) is 11.3 Å². The van der Waals surface area contributed by atoms with Crippen LogP contribution in [0.4, 0.5) is 0 Å². The summed E-state index contributed by atoms with van der Waals surface area (Å²) in [5, 5.41) is 0.555. The number of H-pyrrole nitrogens is 1. The maximum absolute atomic E-state index is 12.7. The summed E-state index contributed by atoms with van der Waals surface area (Å²) in [6.07, 6.45) is 4.19. The number of carbonyl (C=O) groups is 1. The van der Waals surface area contributed by atoms with Crippen molar-refractivity contribution in [2.24, 2.45) is 0 Å². The van der Waals surface area contributed by atoms with Gasteiger partial charge in [-0.1, -0.05) is 19.1 Å². The summed E-state index contributed by atoms with van der Waals surface area (Å²) in [4.78, 5) is 30.3. The standard InChI is InChI=1S/C17H21N3O2S/c1-2-12-7-5-6-10-19(12)15(21)11-20-16(22)13-8-3-4-9-14(13)18-17(20)23/h3-4,8-9,12H,2,5-7,10-11H2,1H3,(H,18,23)/t12-/m0/s1. The van der Waals surface area contributed by atoms with Gasteiger partial charge in [0.2, 0.25) is 5.91 Å². The predicted octanol–water partition coefficient (Wildman–Crippen LogP) is 2.85. The highest BCUT2D eigenvalue weighted by Gasteiger charge is 2.25. The average molecular weight is 331 g/mol. The molecule has 1 aromatic carbocycles. The van der Waals surface area contributed by atoms with E-state index >= 15 is 0 Å². The lowest BCUT2D eigenvalue weighted by molar-refractivity contribution is -0.135. The number of nitrogens with one attached hydrogen (secondary N) is 1. The Morgan fingerprint density at radius 1 is 1.35 bits per heavy atom. The Hall–Kier alpha value is -1.95. The molecule has 1 saturated heterocycles. The first kappa shape index (κ1) is 15.9. The lowest BCUT2D eigenvalue weighted by Gasteiger charge is -2.35. The minimum atomic E-state index is -0.206. The third kappa shape index (κ3) is 3.08. The lowest BCUT2D eigenvalue weighted by Crippen LogP contribution is -2.45. The quantitative estimate of drug-likeness (QED) is 0.880. The molecular formula is C17H21N3O2S. The number of likely N-dealkylation sites (tertiary alicyclic amines) is 1. The molecule has 2 heterocycles. The third-order valence-corrected chi connectivity index (χ3v) is 4.92. The smallest absolute Gasteiger partial charge is 0.262 e. The van der Waals surface area contributed by atoms with E-state index < -0.39 is 0 Å². The number of rotatable bonds is 3. The Morgan fingerprint density at radius 3 is 2.91 bits per heavy atom. The van der Waals surface area contributed by atoms with E-state index in [1.807, 2.05) is 23.1 Å². The molecule has 1 aliphatic rings. The van der Waals surface area contributed by atoms with Crippen LogP contribution in [0.2, 0.25) is 0 Å². The molecule has 6 heteroatoms. The number of benzene rings is 1. The second-order valence-corrected chi connectivity index (χ2v) is 6.40. The second-order valence-electron chi connectivity index (χ2n) is 6.01. The van der Waals surface area contributed by atoms with E-state index in [2.05, 4.69) is 11.9 Å². The molecule has 1 aromatic heterocycles. The lowest BCUT2D eigenvalue weighted by atomic mass is 10.00. The zero-order chi connectivity index (χ0) is 16.4. The molecule has 0 aliphatic carbocycles. The first-order valence-corrected chi connectivity index (χ1v) is 8.54. The van der Waals surface area contributed by atoms with Gasteiger partial charge in [-0.2, -0.15) is 0 Å². The van der Waals surface area contributed by atoms with Crippen LogP contribution in [0.1, 0.15) is 32.6 Å². The maximum atomic E-state index is 12.7. The van der Waals surface area contributed by atoms with E-state index in [0.717, 1.165) is 32.2 Å². The summed E-state index contributed by atoms with van der Waals surface area (Å²) in [6, 6.07) is 7.51. The van der Waals surface area contributed by atoms with Gasteiger partial charge in [0, 0.05) is 12.6 Å². The van der Waals surface area contributed by atoms with Crippen LogP contribution >= 0.6 is 12.2 Å². The molecule has 1 N–H and O–H groups in total. The number of para-hydroxylation sites is 1. The summed E-state index contributed by atoms with van der Waals surface area (Å²) >= 11 is 5.28. The summed E-state index contributed by atoms with van der Waals surface area (Å²) < 4.78 is 1.67. The third-order valence-electron chi connectivity index (χ3n) is 4.60. The van der Waals surface area contributed by atoms with Crippen LogP contribution in [0.5, 0.6) is 0 Å². The topological polar surface area (TPSA) is 58.1 Å². The van der Waals surface area contributed by atoms with E-state index in [9.17, 15) is 9.59 Å². The van der Waals surface area contributed by atoms with E-state index in [1.165, 1.54) is 4.57 Å². The highest BCUT2D eigenvalue weighted by molar-refractivity contribution is 7.71. The fraction of sp³-hybridized carbons (Fsp3) is 0.471. The molecule has 23 heavy (non-hydrogen) atoms. The molecule has 1 aliphatic heterocycles. The van der Waals surface area contributed by atoms with Crippen LogP contribution in [0, 0.1) is 4.77 Å². The normalized spacial score (nSPS) is 18.3. The van der Waals surface area contributed by atoms with Crippen LogP contribution in [0.15, 0.2) is 29.1 Å². The van der Waals surface area contributed by atoms with E-state index in [0.29, 0.717) is 15.7 Å². The molecular weight excluding hydrogens is 310 g/mol. The fourth-order valence-corrected chi connectivity index (χ4v) is 3.58. The van der Waals surface area contributed by atoms with E-state index in [1.54, 1.807) is 6.07 Å². The Morgan fingerprint density at radius 2 is 2.13 bits per heavy atom. The fourth-order valence-electron chi connectivity index (χ4n) is 3.32. The van der Waals surface area contributed by atoms with Gasteiger partial charge in [-0.25, -0.2) is 0 Å². The molecule has 2 aromatic rings. The molecule has 0 unspecified atom stereocenters. The minimum absolute atomic E-state index is 0.00943. The van der Waals surface area contributed by atoms with Crippen molar-refractivity contribution in [2.45, 2.75) is 45.2 Å². The van der Waals surface area contributed by atoms with Gasteiger partial charge in [-0.15, -0.1) is 0 Å². The predicted molar refractivity (Wildman–Crippen MR) is 93.0 cm³/mol. The van der Waals surface area contributed by atoms with Crippen molar-refractivity contribution >= 4 is 29.0 Å². The molecule has 0 spiro atoms. The number of nitrogens with zero attached hydrogens (tertiary/aromatic N) is 2. The maximum Gasteiger partial charge on any atom is 0.262 e. The van der Waals surface area contributed by atoms with Gasteiger partial charge < -0.3 is 9.88 Å². The molecule has 1 atom stereocenters. The number of aromatic amines is 1. The largest absolute Gasteiger partial charge is 0.338 e. The van der Waals surface area contributed by atoms with Crippen LogP contribution in [-0.4, -0.2) is 32.9 Å². The summed E-state index contributed by atoms with van der Waals surface area (Å²) in [6.45, 7) is 2.89. The van der Waals surface area contributed by atoms with Crippen molar-refractivity contribution in [3.63, 3.8) is 0 Å². The average Bonchev–Trinajstić information content (AvgIpc) is 2.58. The number of piperidine rings is 1. The zero-order valence-corrected chi connectivity index (χ0v) is 14.1. The number of fused-ring (bicyclic) bond motifs is 1. The van der Waals surface area contributed by atoms with E-state index in [4.69, 9.17) is 12.2 Å². The number of hydrogen-bond acceptors (Lipinski definition) is 3. The summed E-state index contributed by atoms with van der Waals surface area (Å²) in [7, 11) is 0. The van der Waals surface area contributed by atoms with Gasteiger partial charge >= 0.3 is 0 Å². The monoisotopic (exact) mass is 331 g/mol. The Balaban J connectivity index is 1.93. The molecule has 3 rings (SSSR count). The zero-order valence-electron chi connectivity index (χ0n) is 13.2. The SMILES string of the molecule is CC[C@H]1CCCCN1C(=O)Cn1c(=S)[nH]c2ccccc2c1=O. The molecule has 1 fully saturated rings. The van der Waals surface area contributed by atoms with Gasteiger partial charge in [0.15, 0.2) is 4.77 Å². The highest BCUT2D eigenvalue weighted by Crippen LogP contribution is 2.19. The Labute approximate surface area is 139 Å². The molecule has 1 amide bonds. The second kappa shape index (κ2) is 6.66. The van der Waals surface area contributed by atoms with Crippen molar-refractivity contribution in [2.75, 3.05) is 6.54 Å². The van der Waals surface area contributed by atoms with Gasteiger partial charge in [-0.05, 0) is 50.0 Å². The van der Waals surface area contributed by atoms with Gasteiger partial charge in [0.25, 0.3) is 5.56 Å². The van der Waals surface area contributed by atoms with Crippen molar-refractivity contribution in [1.82, 2.24) is 14.5 Å². The van der Waals surface area contributed by atoms with Gasteiger partial charge in [0.1, 0.15) is 6.54 Å². The first-order valence-electron chi connectivity index (χ1n) is 8.13. The Bertz CT molecular complexity index is 840. The molecule has 0 radical (unpaired) electrons. The summed E-state index contributed by atoms with van der Waals surface area (Å²) in [5.74, 6) is -0.0200. The number of aromatic nitrogens is 2. The van der Waals surface area contributed by atoms with Crippen molar-refractivity contribution in [1.29, 1.82) is 0 Å². The van der Waals surface area contributed by atoms with Crippen molar-refractivity contribution in [3.8, 4) is 0 Å². The van der Waals surface area contributed by atoms with Crippen molar-refractivity contribution in [3.05, 3.63) is 39.4 Å². The number of amides is 1. The van der Waals surface area contributed by atoms with Crippen LogP contribution in [0.3, 0.4) is 0 Å². The van der Waals surface area contributed by atoms with Crippen LogP contribution in [0.25, 0.3) is 10.9 Å². The van der Waals surface area contributed by atoms with Gasteiger partial charge in [-0.3, -0.25) is 14.2 Å². The number of carbonyl (C=O) groups excluding carboxylic acids is 1. The molecule has 122 valence electrons. The minimum Gasteiger partial charge on any atom is -0.338 e. The van der Waals surface area contributed by atoms with E-state index in [-0.39, 0.29) is 24.1 Å². The van der Waals surface area contributed by atoms with Gasteiger partial charge in [0.05, 0.1) is 10.9 Å². The molecule has 0 bridgehead atoms. The number of hydrogen-bond donors (Lipinski definition) is 1. The molecule has 5 nitrogen and oxygen atoms in total. The van der Waals surface area contributed by atoms with Crippen LogP contribution < -0.4 is 5.56 Å². The Kier molecular flexibility index (Phi) is 4.61. The van der Waals surface area contributed by atoms with Crippen molar-refractivity contribution < 1.29 is 4.79 Å². The highest BCUT2D eigenvalue weighted by atomic mass is 32.1. The summed E-state index contributed by atoms with van der Waals surface area (Å²) in [5.41, 5.74) is 0.498. The first-order chi connectivity index (χ1) is 11.1.